The molecule has 0 aromatic heterocycles. The van der Waals surface area contributed by atoms with E-state index in [1.54, 1.807) is 0 Å². The summed E-state index contributed by atoms with van der Waals surface area (Å²) in [7, 11) is 0. The molecule has 0 aliphatic rings. The Bertz CT molecular complexity index is 1640. The number of ether oxygens (including phenoxy) is 3. The molecule has 0 spiro atoms. The largest absolute Gasteiger partial charge is 0.462 e. The van der Waals surface area contributed by atoms with Gasteiger partial charge < -0.3 is 14.2 Å². The number of hydrogen-bond donors (Lipinski definition) is 0. The minimum Gasteiger partial charge on any atom is -0.462 e. The highest BCUT2D eigenvalue weighted by Gasteiger charge is 2.19. The smallest absolute Gasteiger partial charge is 0.306 e. The van der Waals surface area contributed by atoms with Crippen molar-refractivity contribution in [1.29, 1.82) is 0 Å². The molecular formula is C68H108O6. The van der Waals surface area contributed by atoms with Crippen molar-refractivity contribution in [2.45, 2.75) is 252 Å². The molecule has 0 aliphatic heterocycles. The summed E-state index contributed by atoms with van der Waals surface area (Å²) in [5.41, 5.74) is 0. The van der Waals surface area contributed by atoms with E-state index in [2.05, 4.69) is 142 Å². The van der Waals surface area contributed by atoms with Crippen LogP contribution in [0.15, 0.2) is 146 Å². The predicted octanol–water partition coefficient (Wildman–Crippen LogP) is 20.4. The zero-order valence-corrected chi connectivity index (χ0v) is 47.5. The van der Waals surface area contributed by atoms with E-state index in [9.17, 15) is 14.4 Å². The lowest BCUT2D eigenvalue weighted by Gasteiger charge is -2.18. The maximum Gasteiger partial charge on any atom is 0.306 e. The van der Waals surface area contributed by atoms with Crippen molar-refractivity contribution >= 4 is 17.9 Å². The molecule has 0 amide bonds. The van der Waals surface area contributed by atoms with Gasteiger partial charge in [0.05, 0.1) is 0 Å². The molecule has 0 bridgehead atoms. The molecule has 0 radical (unpaired) electrons. The minimum absolute atomic E-state index is 0.135. The second-order valence-corrected chi connectivity index (χ2v) is 19.1. The quantitative estimate of drug-likeness (QED) is 0.0261. The third-order valence-corrected chi connectivity index (χ3v) is 12.1. The molecule has 0 N–H and O–H groups in total. The highest BCUT2D eigenvalue weighted by Crippen LogP contribution is 2.15. The van der Waals surface area contributed by atoms with Crippen molar-refractivity contribution in [2.75, 3.05) is 13.2 Å². The van der Waals surface area contributed by atoms with Gasteiger partial charge in [0, 0.05) is 19.3 Å². The van der Waals surface area contributed by atoms with Crippen molar-refractivity contribution in [3.8, 4) is 0 Å². The number of unbranched alkanes of at least 4 members (excludes halogenated alkanes) is 17. The minimum atomic E-state index is -0.855. The molecule has 0 aromatic rings. The third kappa shape index (κ3) is 58.2. The standard InChI is InChI=1S/C68H108O6/c1-4-7-10-13-16-19-22-25-28-31-34-37-40-43-46-49-52-55-58-61-67(70)73-64-65(63-72-66(69)60-57-54-51-48-45-42-39-36-33-30-27-24-21-18-15-12-9-6-3)74-68(71)62-59-56-53-50-47-44-41-38-35-32-29-26-23-20-17-14-11-8-5-2/h7-8,10-11,16-17,19-20,25-26,28-29,34-35,37-38,43-44,46-47,52-53,55-56,65H,4-6,9,12-15,18,21-24,27,30-33,36,39-42,45,48-51,54,57-64H2,1-3H3/b10-7-,11-8-,19-16-,20-17-,28-25-,29-26-,37-34-,38-35-,46-43-,47-44-,55-52-,56-53-. The Morgan fingerprint density at radius 1 is 0.284 bits per heavy atom. The Morgan fingerprint density at radius 2 is 0.527 bits per heavy atom. The van der Waals surface area contributed by atoms with Gasteiger partial charge in [-0.3, -0.25) is 14.4 Å². The maximum absolute atomic E-state index is 12.8. The van der Waals surface area contributed by atoms with Gasteiger partial charge in [-0.05, 0) is 96.3 Å². The first kappa shape index (κ1) is 69.3. The molecule has 1 atom stereocenters. The normalized spacial score (nSPS) is 13.2. The highest BCUT2D eigenvalue weighted by atomic mass is 16.6. The molecule has 0 heterocycles. The Balaban J connectivity index is 4.61. The Morgan fingerprint density at radius 3 is 0.824 bits per heavy atom. The molecule has 1 unspecified atom stereocenters. The second kappa shape index (κ2) is 60.8. The van der Waals surface area contributed by atoms with Crippen LogP contribution >= 0.6 is 0 Å². The summed E-state index contributed by atoms with van der Waals surface area (Å²) in [6.07, 6.45) is 87.2. The van der Waals surface area contributed by atoms with Gasteiger partial charge in [0.1, 0.15) is 13.2 Å². The van der Waals surface area contributed by atoms with E-state index < -0.39 is 12.1 Å². The summed E-state index contributed by atoms with van der Waals surface area (Å²) in [5, 5.41) is 0. The van der Waals surface area contributed by atoms with Crippen LogP contribution in [0.3, 0.4) is 0 Å². The topological polar surface area (TPSA) is 78.9 Å². The fraction of sp³-hybridized carbons (Fsp3) is 0.603. The van der Waals surface area contributed by atoms with Crippen LogP contribution in [-0.2, 0) is 28.6 Å². The van der Waals surface area contributed by atoms with E-state index in [4.69, 9.17) is 14.2 Å². The van der Waals surface area contributed by atoms with E-state index in [0.717, 1.165) is 96.3 Å². The van der Waals surface area contributed by atoms with Gasteiger partial charge in [-0.2, -0.15) is 0 Å². The van der Waals surface area contributed by atoms with Crippen molar-refractivity contribution < 1.29 is 28.6 Å². The molecule has 74 heavy (non-hydrogen) atoms. The lowest BCUT2D eigenvalue weighted by Crippen LogP contribution is -2.30. The first-order valence-electron chi connectivity index (χ1n) is 29.8. The van der Waals surface area contributed by atoms with Gasteiger partial charge in [-0.25, -0.2) is 0 Å². The monoisotopic (exact) mass is 1020 g/mol. The zero-order valence-electron chi connectivity index (χ0n) is 47.5. The summed E-state index contributed by atoms with van der Waals surface area (Å²) < 4.78 is 16.7. The van der Waals surface area contributed by atoms with E-state index in [1.165, 1.54) is 96.3 Å². The number of carbonyl (C=O) groups is 3. The van der Waals surface area contributed by atoms with Gasteiger partial charge in [0.25, 0.3) is 0 Å². The van der Waals surface area contributed by atoms with Crippen molar-refractivity contribution in [1.82, 2.24) is 0 Å². The molecule has 6 heteroatoms. The summed E-state index contributed by atoms with van der Waals surface area (Å²) in [6.45, 7) is 6.29. The first-order valence-corrected chi connectivity index (χ1v) is 29.8. The Labute approximate surface area is 455 Å². The number of allylic oxidation sites excluding steroid dienone is 24. The fourth-order valence-corrected chi connectivity index (χ4v) is 7.73. The first-order chi connectivity index (χ1) is 36.5. The van der Waals surface area contributed by atoms with Gasteiger partial charge in [0.2, 0.25) is 0 Å². The van der Waals surface area contributed by atoms with Crippen LogP contribution in [0.25, 0.3) is 0 Å². The number of carbonyl (C=O) groups excluding carboxylic acids is 3. The molecule has 0 saturated carbocycles. The molecule has 0 aromatic carbocycles. The van der Waals surface area contributed by atoms with Crippen LogP contribution in [0.5, 0.6) is 0 Å². The fourth-order valence-electron chi connectivity index (χ4n) is 7.73. The van der Waals surface area contributed by atoms with Crippen LogP contribution in [-0.4, -0.2) is 37.2 Å². The van der Waals surface area contributed by atoms with Crippen LogP contribution in [0.2, 0.25) is 0 Å². The average molecular weight is 1020 g/mol. The van der Waals surface area contributed by atoms with E-state index in [1.807, 2.05) is 24.3 Å². The van der Waals surface area contributed by atoms with Crippen LogP contribution in [0, 0.1) is 0 Å². The van der Waals surface area contributed by atoms with Gasteiger partial charge in [-0.1, -0.05) is 276 Å². The van der Waals surface area contributed by atoms with Crippen molar-refractivity contribution in [3.05, 3.63) is 146 Å². The van der Waals surface area contributed by atoms with Crippen LogP contribution < -0.4 is 0 Å². The number of hydrogen-bond acceptors (Lipinski definition) is 6. The molecule has 0 saturated heterocycles. The Hall–Kier alpha value is -4.71. The lowest BCUT2D eigenvalue weighted by atomic mass is 10.0. The van der Waals surface area contributed by atoms with Crippen molar-refractivity contribution in [2.24, 2.45) is 0 Å². The summed E-state index contributed by atoms with van der Waals surface area (Å²) in [4.78, 5) is 38.2. The highest BCUT2D eigenvalue weighted by molar-refractivity contribution is 5.71. The van der Waals surface area contributed by atoms with Gasteiger partial charge in [0.15, 0.2) is 6.10 Å². The molecule has 0 rings (SSSR count). The van der Waals surface area contributed by atoms with Crippen LogP contribution in [0.1, 0.15) is 245 Å². The maximum atomic E-state index is 12.8. The van der Waals surface area contributed by atoms with E-state index >= 15 is 0 Å². The lowest BCUT2D eigenvalue weighted by molar-refractivity contribution is -0.166. The Kier molecular flexibility index (Phi) is 57.0. The SMILES string of the molecule is CC/C=C\C/C=C\C/C=C\C/C=C\C/C=C\C/C=C\CCC(=O)OCC(COC(=O)CCCCCCCCCCCCCCCCCCCC)OC(=O)CC/C=C\C/C=C\C/C=C\C/C=C\C/C=C\C/C=C\CC. The number of esters is 3. The van der Waals surface area contributed by atoms with Crippen LogP contribution in [0.4, 0.5) is 0 Å². The predicted molar refractivity (Wildman–Crippen MR) is 320 cm³/mol. The van der Waals surface area contributed by atoms with E-state index in [-0.39, 0.29) is 38.0 Å². The zero-order chi connectivity index (χ0) is 53.6. The molecule has 0 aliphatic carbocycles. The summed E-state index contributed by atoms with van der Waals surface area (Å²) >= 11 is 0. The average Bonchev–Trinajstić information content (AvgIpc) is 3.40. The summed E-state index contributed by atoms with van der Waals surface area (Å²) in [5.74, 6) is -1.11. The van der Waals surface area contributed by atoms with Gasteiger partial charge in [-0.15, -0.1) is 0 Å². The van der Waals surface area contributed by atoms with Crippen molar-refractivity contribution in [3.63, 3.8) is 0 Å². The third-order valence-electron chi connectivity index (χ3n) is 12.1. The molecule has 6 nitrogen and oxygen atoms in total. The molecule has 416 valence electrons. The summed E-state index contributed by atoms with van der Waals surface area (Å²) in [6, 6.07) is 0. The second-order valence-electron chi connectivity index (χ2n) is 19.1. The van der Waals surface area contributed by atoms with Gasteiger partial charge >= 0.3 is 17.9 Å². The molecule has 0 fully saturated rings. The van der Waals surface area contributed by atoms with E-state index in [0.29, 0.717) is 19.3 Å². The number of rotatable bonds is 52. The molecular weight excluding hydrogens is 913 g/mol.